The second kappa shape index (κ2) is 5.74. The maximum atomic E-state index is 13.5. The standard InChI is InChI=1S/C16H16FNO2/c1-11(19)15-9-13(17)8-12(16(15)20)10-18(2)14-6-4-3-5-7-14/h3-9,20H,10H2,1-2H3. The maximum Gasteiger partial charge on any atom is 0.163 e. The minimum Gasteiger partial charge on any atom is -0.507 e. The van der Waals surface area contributed by atoms with Crippen molar-refractivity contribution in [1.82, 2.24) is 0 Å². The van der Waals surface area contributed by atoms with Crippen LogP contribution in [0.15, 0.2) is 42.5 Å². The number of carbonyl (C=O) groups is 1. The fourth-order valence-electron chi connectivity index (χ4n) is 2.07. The molecule has 0 aliphatic rings. The van der Waals surface area contributed by atoms with Crippen LogP contribution in [0.2, 0.25) is 0 Å². The molecule has 0 spiro atoms. The third-order valence-electron chi connectivity index (χ3n) is 3.14. The Morgan fingerprint density at radius 1 is 1.25 bits per heavy atom. The molecule has 0 saturated heterocycles. The van der Waals surface area contributed by atoms with Crippen molar-refractivity contribution in [2.75, 3.05) is 11.9 Å². The number of aromatic hydroxyl groups is 1. The summed E-state index contributed by atoms with van der Waals surface area (Å²) in [6.45, 7) is 1.62. The number of anilines is 1. The van der Waals surface area contributed by atoms with Crippen molar-refractivity contribution >= 4 is 11.5 Å². The minimum absolute atomic E-state index is 0.0152. The van der Waals surface area contributed by atoms with E-state index in [0.29, 0.717) is 12.1 Å². The number of halogens is 1. The van der Waals surface area contributed by atoms with E-state index in [1.165, 1.54) is 13.0 Å². The molecule has 0 aromatic heterocycles. The van der Waals surface area contributed by atoms with Crippen LogP contribution in [-0.2, 0) is 6.54 Å². The number of ketones is 1. The van der Waals surface area contributed by atoms with Crippen LogP contribution in [-0.4, -0.2) is 17.9 Å². The van der Waals surface area contributed by atoms with Gasteiger partial charge in [0.25, 0.3) is 0 Å². The number of phenols is 1. The Balaban J connectivity index is 2.32. The van der Waals surface area contributed by atoms with Crippen LogP contribution in [0.1, 0.15) is 22.8 Å². The summed E-state index contributed by atoms with van der Waals surface area (Å²) in [4.78, 5) is 13.3. The van der Waals surface area contributed by atoms with Crippen LogP contribution in [0.4, 0.5) is 10.1 Å². The number of benzene rings is 2. The van der Waals surface area contributed by atoms with Crippen molar-refractivity contribution in [2.45, 2.75) is 13.5 Å². The summed E-state index contributed by atoms with van der Waals surface area (Å²) in [6.07, 6.45) is 0. The number of para-hydroxylation sites is 1. The molecule has 2 rings (SSSR count). The van der Waals surface area contributed by atoms with E-state index in [1.807, 2.05) is 42.3 Å². The van der Waals surface area contributed by atoms with Gasteiger partial charge in [0.1, 0.15) is 11.6 Å². The van der Waals surface area contributed by atoms with Gasteiger partial charge in [0.15, 0.2) is 5.78 Å². The molecule has 1 N–H and O–H groups in total. The Labute approximate surface area is 117 Å². The van der Waals surface area contributed by atoms with Gasteiger partial charge in [-0.15, -0.1) is 0 Å². The smallest absolute Gasteiger partial charge is 0.163 e. The Morgan fingerprint density at radius 3 is 2.50 bits per heavy atom. The third-order valence-corrected chi connectivity index (χ3v) is 3.14. The Bertz CT molecular complexity index is 626. The van der Waals surface area contributed by atoms with Crippen LogP contribution in [0.3, 0.4) is 0 Å². The van der Waals surface area contributed by atoms with E-state index in [0.717, 1.165) is 11.8 Å². The van der Waals surface area contributed by atoms with Gasteiger partial charge >= 0.3 is 0 Å². The second-order valence-corrected chi connectivity index (χ2v) is 4.71. The second-order valence-electron chi connectivity index (χ2n) is 4.71. The number of hydrogen-bond donors (Lipinski definition) is 1. The van der Waals surface area contributed by atoms with Gasteiger partial charge in [0.2, 0.25) is 0 Å². The molecule has 3 nitrogen and oxygen atoms in total. The predicted octanol–water partition coefficient (Wildman–Crippen LogP) is 3.37. The number of carbonyl (C=O) groups excluding carboxylic acids is 1. The summed E-state index contributed by atoms with van der Waals surface area (Å²) in [5, 5.41) is 10.1. The lowest BCUT2D eigenvalue weighted by Crippen LogP contribution is -2.17. The first kappa shape index (κ1) is 14.1. The van der Waals surface area contributed by atoms with Gasteiger partial charge in [0, 0.05) is 24.8 Å². The highest BCUT2D eigenvalue weighted by atomic mass is 19.1. The minimum atomic E-state index is -0.524. The zero-order valence-electron chi connectivity index (χ0n) is 11.4. The normalized spacial score (nSPS) is 10.3. The summed E-state index contributed by atoms with van der Waals surface area (Å²) >= 11 is 0. The molecule has 0 saturated carbocycles. The van der Waals surface area contributed by atoms with E-state index in [-0.39, 0.29) is 17.1 Å². The van der Waals surface area contributed by atoms with Gasteiger partial charge in [-0.2, -0.15) is 0 Å². The monoisotopic (exact) mass is 273 g/mol. The molecule has 0 aliphatic heterocycles. The molecule has 2 aromatic rings. The van der Waals surface area contributed by atoms with Crippen molar-refractivity contribution in [2.24, 2.45) is 0 Å². The number of rotatable bonds is 4. The molecule has 0 unspecified atom stereocenters. The van der Waals surface area contributed by atoms with Crippen molar-refractivity contribution in [3.63, 3.8) is 0 Å². The molecular formula is C16H16FNO2. The number of nitrogens with zero attached hydrogens (tertiary/aromatic N) is 1. The van der Waals surface area contributed by atoms with Gasteiger partial charge in [-0.3, -0.25) is 4.79 Å². The summed E-state index contributed by atoms with van der Waals surface area (Å²) < 4.78 is 13.5. The molecule has 0 atom stereocenters. The van der Waals surface area contributed by atoms with Gasteiger partial charge in [-0.25, -0.2) is 4.39 Å². The Kier molecular flexibility index (Phi) is 4.03. The fourth-order valence-corrected chi connectivity index (χ4v) is 2.07. The third kappa shape index (κ3) is 2.96. The van der Waals surface area contributed by atoms with Crippen LogP contribution in [0.5, 0.6) is 5.75 Å². The van der Waals surface area contributed by atoms with E-state index in [1.54, 1.807) is 0 Å². The highest BCUT2D eigenvalue weighted by Crippen LogP contribution is 2.27. The topological polar surface area (TPSA) is 40.5 Å². The Morgan fingerprint density at radius 2 is 1.90 bits per heavy atom. The zero-order chi connectivity index (χ0) is 14.7. The lowest BCUT2D eigenvalue weighted by Gasteiger charge is -2.20. The van der Waals surface area contributed by atoms with E-state index in [2.05, 4.69) is 0 Å². The molecule has 4 heteroatoms. The van der Waals surface area contributed by atoms with Crippen LogP contribution < -0.4 is 4.90 Å². The highest BCUT2D eigenvalue weighted by Gasteiger charge is 2.15. The zero-order valence-corrected chi connectivity index (χ0v) is 11.4. The molecule has 0 fully saturated rings. The lowest BCUT2D eigenvalue weighted by molar-refractivity contribution is 0.101. The summed E-state index contributed by atoms with van der Waals surface area (Å²) in [5.41, 5.74) is 1.35. The largest absolute Gasteiger partial charge is 0.507 e. The first-order chi connectivity index (χ1) is 9.49. The summed E-state index contributed by atoms with van der Waals surface area (Å²) in [6, 6.07) is 11.9. The Hall–Kier alpha value is -2.36. The average molecular weight is 273 g/mol. The van der Waals surface area contributed by atoms with Gasteiger partial charge in [-0.05, 0) is 31.2 Å². The lowest BCUT2D eigenvalue weighted by atomic mass is 10.0. The number of hydrogen-bond acceptors (Lipinski definition) is 3. The van der Waals surface area contributed by atoms with Gasteiger partial charge in [0.05, 0.1) is 5.56 Å². The van der Waals surface area contributed by atoms with Crippen LogP contribution >= 0.6 is 0 Å². The maximum absolute atomic E-state index is 13.5. The van der Waals surface area contributed by atoms with Gasteiger partial charge < -0.3 is 10.0 Å². The summed E-state index contributed by atoms with van der Waals surface area (Å²) in [7, 11) is 1.84. The molecule has 0 heterocycles. The molecule has 20 heavy (non-hydrogen) atoms. The summed E-state index contributed by atoms with van der Waals surface area (Å²) in [5.74, 6) is -1.03. The SMILES string of the molecule is CC(=O)c1cc(F)cc(CN(C)c2ccccc2)c1O. The number of Topliss-reactive ketones (excluding diaryl/α,β-unsaturated/α-hetero) is 1. The first-order valence-electron chi connectivity index (χ1n) is 6.27. The average Bonchev–Trinajstić information content (AvgIpc) is 2.43. The molecule has 104 valence electrons. The number of phenolic OH excluding ortho intramolecular Hbond substituents is 1. The fraction of sp³-hybridized carbons (Fsp3) is 0.188. The molecule has 2 aromatic carbocycles. The van der Waals surface area contributed by atoms with Crippen molar-refractivity contribution in [1.29, 1.82) is 0 Å². The molecule has 0 radical (unpaired) electrons. The van der Waals surface area contributed by atoms with Crippen molar-refractivity contribution < 1.29 is 14.3 Å². The first-order valence-corrected chi connectivity index (χ1v) is 6.27. The molecule has 0 amide bonds. The highest BCUT2D eigenvalue weighted by molar-refractivity contribution is 5.97. The molecule has 0 aliphatic carbocycles. The van der Waals surface area contributed by atoms with Crippen LogP contribution in [0, 0.1) is 5.82 Å². The predicted molar refractivity (Wildman–Crippen MR) is 76.6 cm³/mol. The van der Waals surface area contributed by atoms with E-state index in [4.69, 9.17) is 0 Å². The van der Waals surface area contributed by atoms with E-state index < -0.39 is 5.82 Å². The molecular weight excluding hydrogens is 257 g/mol. The van der Waals surface area contributed by atoms with Gasteiger partial charge in [-0.1, -0.05) is 18.2 Å². The van der Waals surface area contributed by atoms with Crippen molar-refractivity contribution in [3.8, 4) is 5.75 Å². The van der Waals surface area contributed by atoms with Crippen molar-refractivity contribution in [3.05, 3.63) is 59.4 Å². The molecule has 0 bridgehead atoms. The van der Waals surface area contributed by atoms with Crippen LogP contribution in [0.25, 0.3) is 0 Å². The van der Waals surface area contributed by atoms with E-state index in [9.17, 15) is 14.3 Å². The van der Waals surface area contributed by atoms with E-state index >= 15 is 0 Å². The quantitative estimate of drug-likeness (QED) is 0.868.